The lowest BCUT2D eigenvalue weighted by Crippen LogP contribution is -2.32. The first-order valence-corrected chi connectivity index (χ1v) is 12.8. The van der Waals surface area contributed by atoms with Crippen molar-refractivity contribution in [1.29, 1.82) is 0 Å². The molecular formula is C21H24N6O8P-. The Kier molecular flexibility index (Phi) is 6.99. The standard InChI is InChI=1S/C21H25N6O8P/c1-2-8-22-21(28)26-17-14-18(24-10-23-17)27(11-25-14)19-16-15(13(33-19)9-32-36(29,30)31)34-20(35-16)12-6-4-3-5-7-12/h3-7,10-11,13,15-16,19-20H,2,8-9H2,1H3,(H2,29,30,31)(H2,22,23,24,26,28)/p-1/t13-,15+,16?,19-,20?/m1/s1. The van der Waals surface area contributed by atoms with Gasteiger partial charge in [-0.2, -0.15) is 0 Å². The van der Waals surface area contributed by atoms with Crippen molar-refractivity contribution in [2.45, 2.75) is 44.2 Å². The van der Waals surface area contributed by atoms with Crippen LogP contribution < -0.4 is 15.5 Å². The van der Waals surface area contributed by atoms with Gasteiger partial charge in [0.1, 0.15) is 24.6 Å². The Balaban J connectivity index is 1.43. The molecule has 4 heterocycles. The second-order valence-corrected chi connectivity index (χ2v) is 9.40. The lowest BCUT2D eigenvalue weighted by Gasteiger charge is -2.23. The topological polar surface area (TPSA) is 182 Å². The Morgan fingerprint density at radius 2 is 1.97 bits per heavy atom. The highest BCUT2D eigenvalue weighted by Gasteiger charge is 2.54. The molecule has 0 bridgehead atoms. The first-order valence-electron chi connectivity index (χ1n) is 11.3. The van der Waals surface area contributed by atoms with E-state index in [1.54, 1.807) is 4.57 Å². The largest absolute Gasteiger partial charge is 0.756 e. The van der Waals surface area contributed by atoms with Gasteiger partial charge >= 0.3 is 6.03 Å². The van der Waals surface area contributed by atoms with Crippen molar-refractivity contribution in [1.82, 2.24) is 24.8 Å². The number of hydrogen-bond donors (Lipinski definition) is 3. The summed E-state index contributed by atoms with van der Waals surface area (Å²) < 4.78 is 35.7. The van der Waals surface area contributed by atoms with E-state index in [-0.39, 0.29) is 5.82 Å². The third-order valence-electron chi connectivity index (χ3n) is 5.72. The quantitative estimate of drug-likeness (QED) is 0.364. The summed E-state index contributed by atoms with van der Waals surface area (Å²) in [5, 5.41) is 5.36. The number of benzene rings is 1. The zero-order valence-corrected chi connectivity index (χ0v) is 20.0. The van der Waals surface area contributed by atoms with Gasteiger partial charge < -0.3 is 33.8 Å². The monoisotopic (exact) mass is 519 g/mol. The van der Waals surface area contributed by atoms with Crippen LogP contribution in [0, 0.1) is 0 Å². The highest BCUT2D eigenvalue weighted by Crippen LogP contribution is 2.46. The van der Waals surface area contributed by atoms with Crippen molar-refractivity contribution in [3.8, 4) is 0 Å². The molecule has 0 spiro atoms. The molecule has 15 heteroatoms. The molecule has 0 aliphatic carbocycles. The number of urea groups is 1. The maximum atomic E-state index is 12.1. The average molecular weight is 519 g/mol. The number of rotatable bonds is 8. The van der Waals surface area contributed by atoms with Crippen LogP contribution in [0.1, 0.15) is 31.4 Å². The van der Waals surface area contributed by atoms with E-state index in [9.17, 15) is 14.3 Å². The van der Waals surface area contributed by atoms with Crippen LogP contribution in [0.15, 0.2) is 43.0 Å². The second kappa shape index (κ2) is 10.2. The molecule has 0 saturated carbocycles. The molecule has 6 atom stereocenters. The van der Waals surface area contributed by atoms with Gasteiger partial charge in [-0.3, -0.25) is 14.4 Å². The molecule has 192 valence electrons. The van der Waals surface area contributed by atoms with Crippen molar-refractivity contribution in [2.24, 2.45) is 0 Å². The third kappa shape index (κ3) is 5.11. The van der Waals surface area contributed by atoms with E-state index in [0.717, 1.165) is 12.0 Å². The summed E-state index contributed by atoms with van der Waals surface area (Å²) in [6, 6.07) is 8.80. The van der Waals surface area contributed by atoms with Crippen molar-refractivity contribution in [3.05, 3.63) is 48.5 Å². The van der Waals surface area contributed by atoms with Crippen molar-refractivity contribution >= 4 is 30.8 Å². The van der Waals surface area contributed by atoms with Gasteiger partial charge in [-0.1, -0.05) is 37.3 Å². The molecular weight excluding hydrogens is 495 g/mol. The number of aromatic nitrogens is 4. The Hall–Kier alpha value is -2.97. The Labute approximate surface area is 205 Å². The van der Waals surface area contributed by atoms with Gasteiger partial charge in [0, 0.05) is 12.1 Å². The predicted molar refractivity (Wildman–Crippen MR) is 121 cm³/mol. The molecule has 36 heavy (non-hydrogen) atoms. The van der Waals surface area contributed by atoms with Crippen LogP contribution in [0.4, 0.5) is 10.6 Å². The molecule has 2 aromatic heterocycles. The summed E-state index contributed by atoms with van der Waals surface area (Å²) in [6.07, 6.45) is -0.341. The number of phosphoric acid groups is 1. The summed E-state index contributed by atoms with van der Waals surface area (Å²) in [7, 11) is -4.99. The number of phosphoric ester groups is 1. The van der Waals surface area contributed by atoms with Gasteiger partial charge in [0.25, 0.3) is 7.82 Å². The van der Waals surface area contributed by atoms with E-state index in [1.165, 1.54) is 12.7 Å². The average Bonchev–Trinajstić information content (AvgIpc) is 3.56. The number of amides is 2. The predicted octanol–water partition coefficient (Wildman–Crippen LogP) is 1.22. The maximum Gasteiger partial charge on any atom is 0.320 e. The van der Waals surface area contributed by atoms with Crippen LogP contribution >= 0.6 is 7.82 Å². The van der Waals surface area contributed by atoms with E-state index in [0.29, 0.717) is 17.7 Å². The summed E-state index contributed by atoms with van der Waals surface area (Å²) in [4.78, 5) is 45.2. The third-order valence-corrected chi connectivity index (χ3v) is 6.20. The molecule has 3 aromatic rings. The van der Waals surface area contributed by atoms with Crippen LogP contribution in [0.3, 0.4) is 0 Å². The van der Waals surface area contributed by atoms with E-state index in [4.69, 9.17) is 19.1 Å². The maximum absolute atomic E-state index is 12.1. The molecule has 2 saturated heterocycles. The number of anilines is 1. The number of ether oxygens (including phenoxy) is 3. The van der Waals surface area contributed by atoms with E-state index in [1.807, 2.05) is 37.3 Å². The van der Waals surface area contributed by atoms with Gasteiger partial charge in [0.2, 0.25) is 0 Å². The first-order chi connectivity index (χ1) is 17.3. The molecule has 2 amide bonds. The molecule has 3 unspecified atom stereocenters. The fraction of sp³-hybridized carbons (Fsp3) is 0.429. The van der Waals surface area contributed by atoms with E-state index in [2.05, 4.69) is 30.1 Å². The summed E-state index contributed by atoms with van der Waals surface area (Å²) >= 11 is 0. The summed E-state index contributed by atoms with van der Waals surface area (Å²) in [5.41, 5.74) is 1.44. The van der Waals surface area contributed by atoms with Crippen LogP contribution in [-0.2, 0) is 23.3 Å². The number of nitrogens with one attached hydrogen (secondary N) is 2. The van der Waals surface area contributed by atoms with Crippen molar-refractivity contribution in [2.75, 3.05) is 18.5 Å². The minimum absolute atomic E-state index is 0.208. The van der Waals surface area contributed by atoms with Crippen LogP contribution in [0.5, 0.6) is 0 Å². The molecule has 3 N–H and O–H groups in total. The number of imidazole rings is 1. The van der Waals surface area contributed by atoms with Gasteiger partial charge in [0.05, 0.1) is 12.9 Å². The van der Waals surface area contributed by atoms with Crippen molar-refractivity contribution < 1.29 is 37.9 Å². The van der Waals surface area contributed by atoms with Crippen molar-refractivity contribution in [3.63, 3.8) is 0 Å². The fourth-order valence-corrected chi connectivity index (χ4v) is 4.48. The zero-order valence-electron chi connectivity index (χ0n) is 19.1. The number of fused-ring (bicyclic) bond motifs is 2. The lowest BCUT2D eigenvalue weighted by molar-refractivity contribution is -0.224. The Morgan fingerprint density at radius 1 is 1.19 bits per heavy atom. The summed E-state index contributed by atoms with van der Waals surface area (Å²) in [5.74, 6) is 0.208. The van der Waals surface area contributed by atoms with E-state index >= 15 is 0 Å². The van der Waals surface area contributed by atoms with Gasteiger partial charge in [-0.25, -0.2) is 19.7 Å². The molecule has 14 nitrogen and oxygen atoms in total. The SMILES string of the molecule is CCCNC(=O)Nc1ncnc2c1ncn2[C@@H]1O[C@H](COP(=O)([O-])O)[C@@H]2OC(c3ccccc3)OC21. The number of hydrogen-bond acceptors (Lipinski definition) is 10. The summed E-state index contributed by atoms with van der Waals surface area (Å²) in [6.45, 7) is 1.96. The van der Waals surface area contributed by atoms with Gasteiger partial charge in [-0.15, -0.1) is 0 Å². The van der Waals surface area contributed by atoms with Crippen LogP contribution in [0.25, 0.3) is 11.2 Å². The first kappa shape index (κ1) is 24.7. The highest BCUT2D eigenvalue weighted by atomic mass is 31.2. The Bertz CT molecular complexity index is 1270. The minimum Gasteiger partial charge on any atom is -0.756 e. The number of carbonyl (C=O) groups is 1. The van der Waals surface area contributed by atoms with Gasteiger partial charge in [-0.05, 0) is 6.42 Å². The molecule has 0 radical (unpaired) electrons. The molecule has 2 aliphatic heterocycles. The smallest absolute Gasteiger partial charge is 0.320 e. The zero-order chi connectivity index (χ0) is 25.3. The van der Waals surface area contributed by atoms with Crippen LogP contribution in [0.2, 0.25) is 0 Å². The molecule has 2 aliphatic rings. The highest BCUT2D eigenvalue weighted by molar-refractivity contribution is 7.44. The van der Waals surface area contributed by atoms with Crippen LogP contribution in [-0.4, -0.2) is 61.9 Å². The second-order valence-electron chi connectivity index (χ2n) is 8.20. The number of nitrogens with zero attached hydrogens (tertiary/aromatic N) is 4. The lowest BCUT2D eigenvalue weighted by atomic mass is 10.1. The fourth-order valence-electron chi connectivity index (χ4n) is 4.15. The van der Waals surface area contributed by atoms with E-state index < -0.39 is 51.3 Å². The number of carbonyl (C=O) groups excluding carboxylic acids is 1. The Morgan fingerprint density at radius 3 is 2.72 bits per heavy atom. The van der Waals surface area contributed by atoms with Gasteiger partial charge in [0.15, 0.2) is 29.5 Å². The molecule has 1 aromatic carbocycles. The molecule has 5 rings (SSSR count). The normalized spacial score (nSPS) is 27.0. The minimum atomic E-state index is -4.99. The molecule has 2 fully saturated rings.